The highest BCUT2D eigenvalue weighted by molar-refractivity contribution is 5.72. The Labute approximate surface area is 83.7 Å². The second-order valence-electron chi connectivity index (χ2n) is 5.25. The van der Waals surface area contributed by atoms with E-state index >= 15 is 0 Å². The summed E-state index contributed by atoms with van der Waals surface area (Å²) in [5.74, 6) is 1.49. The number of carboxylic acids is 1. The number of rotatable bonds is 1. The van der Waals surface area contributed by atoms with E-state index in [1.54, 1.807) is 0 Å². The molecule has 2 unspecified atom stereocenters. The lowest BCUT2D eigenvalue weighted by Gasteiger charge is -2.59. The van der Waals surface area contributed by atoms with Crippen molar-refractivity contribution in [2.75, 3.05) is 0 Å². The fraction of sp³-hybridized carbons (Fsp3) is 0.909. The fourth-order valence-corrected chi connectivity index (χ4v) is 4.25. The minimum atomic E-state index is -0.655. The maximum Gasteiger partial charge on any atom is 0.308 e. The van der Waals surface area contributed by atoms with Crippen LogP contribution in [0.5, 0.6) is 0 Å². The van der Waals surface area contributed by atoms with Crippen LogP contribution in [0, 0.1) is 29.6 Å². The molecule has 0 amide bonds. The Bertz CT molecular complexity index is 278. The molecule has 4 fully saturated rings. The van der Waals surface area contributed by atoms with Crippen LogP contribution >= 0.6 is 0 Å². The Kier molecular flexibility index (Phi) is 1.69. The molecule has 0 aromatic rings. The van der Waals surface area contributed by atoms with E-state index in [0.717, 1.165) is 12.3 Å². The summed E-state index contributed by atoms with van der Waals surface area (Å²) in [6, 6.07) is -0.0622. The van der Waals surface area contributed by atoms with Crippen LogP contribution in [0.15, 0.2) is 0 Å². The van der Waals surface area contributed by atoms with Crippen molar-refractivity contribution in [2.45, 2.75) is 31.7 Å². The Morgan fingerprint density at radius 3 is 2.07 bits per heavy atom. The first-order chi connectivity index (χ1) is 6.70. The maximum absolute atomic E-state index is 11.2. The Morgan fingerprint density at radius 2 is 1.50 bits per heavy atom. The molecule has 0 aliphatic heterocycles. The Morgan fingerprint density at radius 1 is 1.00 bits per heavy atom. The van der Waals surface area contributed by atoms with Gasteiger partial charge in [-0.15, -0.1) is 0 Å². The van der Waals surface area contributed by atoms with Gasteiger partial charge in [0.15, 0.2) is 0 Å². The van der Waals surface area contributed by atoms with Gasteiger partial charge in [0, 0.05) is 6.04 Å². The van der Waals surface area contributed by atoms with E-state index in [2.05, 4.69) is 0 Å². The first-order valence-electron chi connectivity index (χ1n) is 5.68. The quantitative estimate of drug-likeness (QED) is 0.658. The monoisotopic (exact) mass is 195 g/mol. The van der Waals surface area contributed by atoms with Gasteiger partial charge in [-0.05, 0) is 49.4 Å². The van der Waals surface area contributed by atoms with E-state index in [1.165, 1.54) is 19.3 Å². The SMILES string of the molecule is N[C@@H]1[C@@H](C(=O)O)[C@H]2CC[C@@H]1C1CCC12. The number of carbonyl (C=O) groups is 1. The largest absolute Gasteiger partial charge is 0.481 e. The van der Waals surface area contributed by atoms with Crippen molar-refractivity contribution in [3.63, 3.8) is 0 Å². The second kappa shape index (κ2) is 2.72. The molecule has 2 bridgehead atoms. The molecular weight excluding hydrogens is 178 g/mol. The molecule has 3 heteroatoms. The van der Waals surface area contributed by atoms with Crippen LogP contribution in [0.3, 0.4) is 0 Å². The zero-order chi connectivity index (χ0) is 9.87. The molecule has 3 N–H and O–H groups in total. The van der Waals surface area contributed by atoms with Gasteiger partial charge in [-0.2, -0.15) is 0 Å². The molecule has 3 nitrogen and oxygen atoms in total. The number of hydrogen-bond acceptors (Lipinski definition) is 2. The van der Waals surface area contributed by atoms with Gasteiger partial charge in [-0.1, -0.05) is 0 Å². The van der Waals surface area contributed by atoms with E-state index in [-0.39, 0.29) is 12.0 Å². The summed E-state index contributed by atoms with van der Waals surface area (Å²) < 4.78 is 0. The van der Waals surface area contributed by atoms with Crippen molar-refractivity contribution in [3.8, 4) is 0 Å². The van der Waals surface area contributed by atoms with Gasteiger partial charge in [0.1, 0.15) is 0 Å². The standard InChI is InChI=1S/C11H17NO2/c12-10-8-4-3-7(9(10)11(13)14)5-1-2-6(5)8/h5-10H,1-4,12H2,(H,13,14)/t5?,6?,7-,8+,9-,10-/m0/s1. The zero-order valence-electron chi connectivity index (χ0n) is 8.23. The fourth-order valence-electron chi connectivity index (χ4n) is 4.25. The van der Waals surface area contributed by atoms with Gasteiger partial charge in [0.05, 0.1) is 5.92 Å². The van der Waals surface area contributed by atoms with Crippen molar-refractivity contribution in [1.29, 1.82) is 0 Å². The third-order valence-corrected chi connectivity index (χ3v) is 4.97. The van der Waals surface area contributed by atoms with E-state index in [9.17, 15) is 9.90 Å². The first kappa shape index (κ1) is 8.72. The molecule has 0 radical (unpaired) electrons. The number of nitrogens with two attached hydrogens (primary N) is 1. The normalized spacial score (nSPS) is 54.9. The summed E-state index contributed by atoms with van der Waals surface area (Å²) in [5, 5.41) is 9.18. The third-order valence-electron chi connectivity index (χ3n) is 4.97. The molecule has 4 aliphatic rings. The van der Waals surface area contributed by atoms with Gasteiger partial charge >= 0.3 is 5.97 Å². The summed E-state index contributed by atoms with van der Waals surface area (Å²) in [7, 11) is 0. The number of aliphatic carboxylic acids is 1. The molecule has 78 valence electrons. The lowest BCUT2D eigenvalue weighted by molar-refractivity contribution is -0.162. The second-order valence-corrected chi connectivity index (χ2v) is 5.25. The number of hydrogen-bond donors (Lipinski definition) is 2. The molecule has 0 saturated heterocycles. The van der Waals surface area contributed by atoms with E-state index < -0.39 is 5.97 Å². The highest BCUT2D eigenvalue weighted by Crippen LogP contribution is 2.59. The lowest BCUT2D eigenvalue weighted by atomic mass is 9.46. The topological polar surface area (TPSA) is 63.3 Å². The van der Waals surface area contributed by atoms with Gasteiger partial charge in [0.2, 0.25) is 0 Å². The summed E-state index contributed by atoms with van der Waals surface area (Å²) in [4.78, 5) is 11.2. The lowest BCUT2D eigenvalue weighted by Crippen LogP contribution is -2.62. The molecule has 4 aliphatic carbocycles. The molecule has 0 aromatic carbocycles. The molecule has 4 rings (SSSR count). The molecular formula is C11H17NO2. The smallest absolute Gasteiger partial charge is 0.308 e. The van der Waals surface area contributed by atoms with Crippen LogP contribution in [-0.4, -0.2) is 17.1 Å². The molecule has 0 aromatic heterocycles. The predicted octanol–water partition coefficient (Wildman–Crippen LogP) is 1.08. The van der Waals surface area contributed by atoms with Crippen molar-refractivity contribution in [2.24, 2.45) is 35.3 Å². The van der Waals surface area contributed by atoms with Gasteiger partial charge in [0.25, 0.3) is 0 Å². The van der Waals surface area contributed by atoms with Crippen LogP contribution in [0.2, 0.25) is 0 Å². The average Bonchev–Trinajstić information content (AvgIpc) is 2.05. The minimum absolute atomic E-state index is 0.0622. The van der Waals surface area contributed by atoms with Crippen LogP contribution < -0.4 is 5.73 Å². The summed E-state index contributed by atoms with van der Waals surface area (Å²) in [6.45, 7) is 0. The number of carboxylic acid groups (broad SMARTS) is 1. The molecule has 0 heterocycles. The molecule has 6 atom stereocenters. The van der Waals surface area contributed by atoms with Crippen LogP contribution in [0.1, 0.15) is 25.7 Å². The molecule has 14 heavy (non-hydrogen) atoms. The van der Waals surface area contributed by atoms with Gasteiger partial charge in [-0.25, -0.2) is 0 Å². The van der Waals surface area contributed by atoms with Crippen LogP contribution in [0.25, 0.3) is 0 Å². The highest BCUT2D eigenvalue weighted by Gasteiger charge is 2.57. The summed E-state index contributed by atoms with van der Waals surface area (Å²) in [6.07, 6.45) is 4.83. The molecule has 0 spiro atoms. The van der Waals surface area contributed by atoms with Crippen molar-refractivity contribution < 1.29 is 9.90 Å². The first-order valence-corrected chi connectivity index (χ1v) is 5.68. The third kappa shape index (κ3) is 0.888. The molecule has 4 saturated carbocycles. The maximum atomic E-state index is 11.2. The minimum Gasteiger partial charge on any atom is -0.481 e. The number of fused-ring (bicyclic) bond motifs is 2. The Balaban J connectivity index is 1.92. The predicted molar refractivity (Wildman–Crippen MR) is 51.5 cm³/mol. The van der Waals surface area contributed by atoms with Crippen molar-refractivity contribution in [3.05, 3.63) is 0 Å². The summed E-state index contributed by atoms with van der Waals surface area (Å²) in [5.41, 5.74) is 6.07. The van der Waals surface area contributed by atoms with Crippen molar-refractivity contribution in [1.82, 2.24) is 0 Å². The van der Waals surface area contributed by atoms with Crippen LogP contribution in [-0.2, 0) is 4.79 Å². The van der Waals surface area contributed by atoms with Gasteiger partial charge < -0.3 is 10.8 Å². The van der Waals surface area contributed by atoms with Crippen molar-refractivity contribution >= 4 is 5.97 Å². The highest BCUT2D eigenvalue weighted by atomic mass is 16.4. The van der Waals surface area contributed by atoms with E-state index in [0.29, 0.717) is 17.8 Å². The van der Waals surface area contributed by atoms with E-state index in [4.69, 9.17) is 5.73 Å². The van der Waals surface area contributed by atoms with Crippen LogP contribution in [0.4, 0.5) is 0 Å². The average molecular weight is 195 g/mol. The van der Waals surface area contributed by atoms with Gasteiger partial charge in [-0.3, -0.25) is 4.79 Å². The summed E-state index contributed by atoms with van der Waals surface area (Å²) >= 11 is 0. The van der Waals surface area contributed by atoms with E-state index in [1.807, 2.05) is 0 Å². The Hall–Kier alpha value is -0.570. The zero-order valence-corrected chi connectivity index (χ0v) is 8.23.